The molecule has 0 bridgehead atoms. The Bertz CT molecular complexity index is 1410. The van der Waals surface area contributed by atoms with Gasteiger partial charge in [-0.2, -0.15) is 5.26 Å². The van der Waals surface area contributed by atoms with Gasteiger partial charge in [-0.05, 0) is 44.2 Å². The summed E-state index contributed by atoms with van der Waals surface area (Å²) in [4.78, 5) is 25.8. The molecule has 0 radical (unpaired) electrons. The molecule has 2 heterocycles. The van der Waals surface area contributed by atoms with E-state index in [0.29, 0.717) is 22.4 Å². The Labute approximate surface area is 178 Å². The number of benzene rings is 2. The first-order valence-corrected chi connectivity index (χ1v) is 9.55. The van der Waals surface area contributed by atoms with E-state index in [2.05, 4.69) is 15.0 Å². The highest BCUT2D eigenvalue weighted by molar-refractivity contribution is 5.93. The molecular formula is C23H19N5O3. The first-order valence-electron chi connectivity index (χ1n) is 9.55. The molecule has 4 aromatic rings. The molecule has 0 atom stereocenters. The molecule has 0 aliphatic heterocycles. The molecule has 2 aromatic heterocycles. The molecule has 0 fully saturated rings. The highest BCUT2D eigenvalue weighted by atomic mass is 16.5. The van der Waals surface area contributed by atoms with Crippen LogP contribution in [0.25, 0.3) is 27.6 Å². The van der Waals surface area contributed by atoms with E-state index >= 15 is 0 Å². The van der Waals surface area contributed by atoms with Crippen LogP contribution in [0.15, 0.2) is 48.2 Å². The summed E-state index contributed by atoms with van der Waals surface area (Å²) >= 11 is 0. The van der Waals surface area contributed by atoms with Crippen LogP contribution in [0.4, 0.5) is 0 Å². The van der Waals surface area contributed by atoms with E-state index < -0.39 is 12.6 Å². The van der Waals surface area contributed by atoms with Gasteiger partial charge in [0, 0.05) is 7.05 Å². The predicted octanol–water partition coefficient (Wildman–Crippen LogP) is 3.78. The number of carbonyl (C=O) groups is 1. The van der Waals surface area contributed by atoms with Crippen LogP contribution >= 0.6 is 0 Å². The Hall–Kier alpha value is -4.25. The number of hydrogen-bond donors (Lipinski definition) is 1. The Kier molecular flexibility index (Phi) is 5.09. The lowest BCUT2D eigenvalue weighted by atomic mass is 10.2. The number of para-hydroxylation sites is 2. The smallest absolute Gasteiger partial charge is 0.338 e. The number of aliphatic hydroxyl groups is 1. The maximum absolute atomic E-state index is 12.5. The van der Waals surface area contributed by atoms with Crippen molar-refractivity contribution in [1.82, 2.24) is 19.5 Å². The number of nitrogens with zero attached hydrogens (tertiary/aromatic N) is 5. The number of fused-ring (bicyclic) bond motifs is 2. The second-order valence-electron chi connectivity index (χ2n) is 7.09. The van der Waals surface area contributed by atoms with E-state index in [1.807, 2.05) is 44.2 Å². The highest BCUT2D eigenvalue weighted by Crippen LogP contribution is 2.22. The number of ether oxygens (including phenoxy) is 1. The molecule has 0 saturated carbocycles. The summed E-state index contributed by atoms with van der Waals surface area (Å²) in [5.41, 5.74) is 4.59. The number of aromatic nitrogens is 4. The van der Waals surface area contributed by atoms with Crippen molar-refractivity contribution < 1.29 is 14.6 Å². The van der Waals surface area contributed by atoms with Crippen LogP contribution in [0.1, 0.15) is 27.6 Å². The second-order valence-corrected chi connectivity index (χ2v) is 7.09. The largest absolute Gasteiger partial charge is 0.507 e. The fourth-order valence-electron chi connectivity index (χ4n) is 3.26. The van der Waals surface area contributed by atoms with Crippen molar-refractivity contribution in [3.05, 3.63) is 71.0 Å². The number of imidazole rings is 1. The zero-order valence-corrected chi connectivity index (χ0v) is 17.2. The Balaban J connectivity index is 1.58. The number of esters is 1. The van der Waals surface area contributed by atoms with Crippen LogP contribution in [-0.2, 0) is 11.8 Å². The average molecular weight is 413 g/mol. The maximum Gasteiger partial charge on any atom is 0.338 e. The molecule has 31 heavy (non-hydrogen) atoms. The van der Waals surface area contributed by atoms with Crippen molar-refractivity contribution >= 4 is 33.6 Å². The Morgan fingerprint density at radius 1 is 1.06 bits per heavy atom. The third kappa shape index (κ3) is 3.69. The van der Waals surface area contributed by atoms with Gasteiger partial charge in [-0.1, -0.05) is 12.1 Å². The first-order chi connectivity index (χ1) is 14.9. The molecule has 0 spiro atoms. The van der Waals surface area contributed by atoms with Crippen molar-refractivity contribution in [2.75, 3.05) is 6.61 Å². The van der Waals surface area contributed by atoms with Gasteiger partial charge in [-0.15, -0.1) is 0 Å². The SMILES string of the molecule is Cc1nc2ccc(C(=O)OC/C(O)=C(\C#N)c3nc4ccccc4n3C)cc2nc1C. The monoisotopic (exact) mass is 413 g/mol. The van der Waals surface area contributed by atoms with Gasteiger partial charge < -0.3 is 14.4 Å². The Morgan fingerprint density at radius 2 is 1.77 bits per heavy atom. The van der Waals surface area contributed by atoms with E-state index in [0.717, 1.165) is 16.9 Å². The fourth-order valence-corrected chi connectivity index (χ4v) is 3.26. The third-order valence-electron chi connectivity index (χ3n) is 5.06. The van der Waals surface area contributed by atoms with Gasteiger partial charge in [0.15, 0.2) is 11.6 Å². The lowest BCUT2D eigenvalue weighted by molar-refractivity contribution is 0.0503. The van der Waals surface area contributed by atoms with Crippen LogP contribution in [-0.4, -0.2) is 37.2 Å². The molecule has 4 rings (SSSR count). The second kappa shape index (κ2) is 7.88. The topological polar surface area (TPSA) is 114 Å². The van der Waals surface area contributed by atoms with Gasteiger partial charge in [-0.25, -0.2) is 19.7 Å². The van der Waals surface area contributed by atoms with Gasteiger partial charge in [0.2, 0.25) is 0 Å². The number of aryl methyl sites for hydroxylation is 3. The minimum atomic E-state index is -0.643. The lowest BCUT2D eigenvalue weighted by Crippen LogP contribution is -2.10. The van der Waals surface area contributed by atoms with Crippen molar-refractivity contribution in [2.24, 2.45) is 7.05 Å². The predicted molar refractivity (Wildman–Crippen MR) is 115 cm³/mol. The summed E-state index contributed by atoms with van der Waals surface area (Å²) < 4.78 is 6.93. The maximum atomic E-state index is 12.5. The van der Waals surface area contributed by atoms with Crippen molar-refractivity contribution in [2.45, 2.75) is 13.8 Å². The molecule has 8 nitrogen and oxygen atoms in total. The van der Waals surface area contributed by atoms with Gasteiger partial charge >= 0.3 is 5.97 Å². The van der Waals surface area contributed by atoms with Gasteiger partial charge in [0.05, 0.1) is 39.0 Å². The van der Waals surface area contributed by atoms with Gasteiger partial charge in [0.25, 0.3) is 0 Å². The third-order valence-corrected chi connectivity index (χ3v) is 5.06. The number of allylic oxidation sites excluding steroid dienone is 1. The van der Waals surface area contributed by atoms with Crippen molar-refractivity contribution in [1.29, 1.82) is 5.26 Å². The zero-order valence-electron chi connectivity index (χ0n) is 17.2. The fraction of sp³-hybridized carbons (Fsp3) is 0.174. The van der Waals surface area contributed by atoms with Gasteiger partial charge in [0.1, 0.15) is 18.2 Å². The highest BCUT2D eigenvalue weighted by Gasteiger charge is 2.18. The molecule has 0 unspecified atom stereocenters. The minimum Gasteiger partial charge on any atom is -0.507 e. The quantitative estimate of drug-likeness (QED) is 0.308. The molecule has 0 saturated heterocycles. The molecular weight excluding hydrogens is 394 g/mol. The first kappa shape index (κ1) is 20.0. The minimum absolute atomic E-state index is 0.0537. The number of nitriles is 1. The summed E-state index contributed by atoms with van der Waals surface area (Å²) in [7, 11) is 1.75. The van der Waals surface area contributed by atoms with Crippen LogP contribution in [0.2, 0.25) is 0 Å². The summed E-state index contributed by atoms with van der Waals surface area (Å²) in [5, 5.41) is 20.0. The normalized spacial score (nSPS) is 11.9. The standard InChI is InChI=1S/C23H19N5O3/c1-13-14(2)26-19-10-15(8-9-17(19)25-13)23(30)31-12-21(29)16(11-24)22-27-18-6-4-5-7-20(18)28(22)3/h4-10,29H,12H2,1-3H3/b21-16-. The van der Waals surface area contributed by atoms with Crippen molar-refractivity contribution in [3.8, 4) is 6.07 Å². The summed E-state index contributed by atoms with van der Waals surface area (Å²) in [5.74, 6) is -0.721. The van der Waals surface area contributed by atoms with E-state index in [1.54, 1.807) is 29.8 Å². The Morgan fingerprint density at radius 3 is 2.48 bits per heavy atom. The molecule has 0 amide bonds. The van der Waals surface area contributed by atoms with E-state index in [1.165, 1.54) is 0 Å². The molecule has 2 aromatic carbocycles. The summed E-state index contributed by atoms with van der Waals surface area (Å²) in [6.45, 7) is 3.26. The van der Waals surface area contributed by atoms with E-state index in [-0.39, 0.29) is 16.9 Å². The number of rotatable bonds is 4. The van der Waals surface area contributed by atoms with Crippen molar-refractivity contribution in [3.63, 3.8) is 0 Å². The van der Waals surface area contributed by atoms with Crippen LogP contribution in [0.5, 0.6) is 0 Å². The van der Waals surface area contributed by atoms with Crippen LogP contribution in [0.3, 0.4) is 0 Å². The summed E-state index contributed by atoms with van der Waals surface area (Å²) in [6.07, 6.45) is 0. The number of hydrogen-bond acceptors (Lipinski definition) is 7. The van der Waals surface area contributed by atoms with Crippen LogP contribution in [0, 0.1) is 25.2 Å². The van der Waals surface area contributed by atoms with Crippen LogP contribution < -0.4 is 0 Å². The van der Waals surface area contributed by atoms with E-state index in [4.69, 9.17) is 4.74 Å². The molecule has 154 valence electrons. The van der Waals surface area contributed by atoms with E-state index in [9.17, 15) is 15.2 Å². The molecule has 0 aliphatic rings. The van der Waals surface area contributed by atoms with Gasteiger partial charge in [-0.3, -0.25) is 0 Å². The molecule has 1 N–H and O–H groups in total. The molecule has 0 aliphatic carbocycles. The summed E-state index contributed by atoms with van der Waals surface area (Å²) in [6, 6.07) is 14.2. The zero-order chi connectivity index (χ0) is 22.1. The number of aliphatic hydroxyl groups excluding tert-OH is 1. The average Bonchev–Trinajstić information content (AvgIpc) is 3.09. The number of carbonyl (C=O) groups excluding carboxylic acids is 1. The lowest BCUT2D eigenvalue weighted by Gasteiger charge is -2.08. The molecule has 8 heteroatoms.